The van der Waals surface area contributed by atoms with Crippen LogP contribution in [0.2, 0.25) is 0 Å². The minimum absolute atomic E-state index is 0.0415. The van der Waals surface area contributed by atoms with Gasteiger partial charge in [-0.05, 0) is 25.0 Å². The summed E-state index contributed by atoms with van der Waals surface area (Å²) in [4.78, 5) is 23.8. The van der Waals surface area contributed by atoms with Crippen molar-refractivity contribution in [3.63, 3.8) is 0 Å². The number of esters is 1. The SMILES string of the molecule is NC(=O)[C@H]1[C@@H](OC(=O)c2ccccc2)C[C@@H]2CC[C@H]1N2. The van der Waals surface area contributed by atoms with Gasteiger partial charge in [-0.15, -0.1) is 0 Å². The maximum absolute atomic E-state index is 12.1. The van der Waals surface area contributed by atoms with Crippen LogP contribution in [0.3, 0.4) is 0 Å². The molecule has 0 unspecified atom stereocenters. The lowest BCUT2D eigenvalue weighted by molar-refractivity contribution is -0.128. The van der Waals surface area contributed by atoms with E-state index in [0.29, 0.717) is 18.0 Å². The van der Waals surface area contributed by atoms with Gasteiger partial charge in [0.2, 0.25) is 5.91 Å². The third-order valence-corrected chi connectivity index (χ3v) is 4.22. The Bertz CT molecular complexity index is 517. The lowest BCUT2D eigenvalue weighted by atomic mass is 9.88. The summed E-state index contributed by atoms with van der Waals surface area (Å²) in [6.07, 6.45) is 2.16. The van der Waals surface area contributed by atoms with Crippen molar-refractivity contribution in [2.24, 2.45) is 11.7 Å². The molecule has 2 heterocycles. The lowest BCUT2D eigenvalue weighted by Gasteiger charge is -2.35. The van der Waals surface area contributed by atoms with Crippen LogP contribution >= 0.6 is 0 Å². The van der Waals surface area contributed by atoms with Gasteiger partial charge in [0.05, 0.1) is 11.5 Å². The topological polar surface area (TPSA) is 81.4 Å². The molecule has 1 amide bonds. The molecule has 3 N–H and O–H groups in total. The van der Waals surface area contributed by atoms with E-state index in [1.165, 1.54) is 0 Å². The Morgan fingerprint density at radius 3 is 2.65 bits per heavy atom. The second kappa shape index (κ2) is 5.25. The van der Waals surface area contributed by atoms with Crippen LogP contribution in [0.25, 0.3) is 0 Å². The number of nitrogens with one attached hydrogen (secondary N) is 1. The van der Waals surface area contributed by atoms with E-state index in [2.05, 4.69) is 5.32 Å². The molecular formula is C15H18N2O3. The van der Waals surface area contributed by atoms with E-state index in [1.54, 1.807) is 24.3 Å². The number of rotatable bonds is 3. The number of hydrogen-bond acceptors (Lipinski definition) is 4. The second-order valence-electron chi connectivity index (χ2n) is 5.52. The average Bonchev–Trinajstić information content (AvgIpc) is 2.81. The molecule has 1 aromatic carbocycles. The molecule has 2 aliphatic heterocycles. The van der Waals surface area contributed by atoms with Crippen molar-refractivity contribution in [2.45, 2.75) is 37.5 Å². The highest BCUT2D eigenvalue weighted by molar-refractivity contribution is 5.90. The van der Waals surface area contributed by atoms with Gasteiger partial charge in [-0.2, -0.15) is 0 Å². The molecule has 0 spiro atoms. The summed E-state index contributed by atoms with van der Waals surface area (Å²) in [5.74, 6) is -1.21. The maximum atomic E-state index is 12.1. The summed E-state index contributed by atoms with van der Waals surface area (Å²) >= 11 is 0. The molecule has 2 saturated heterocycles. The zero-order chi connectivity index (χ0) is 14.1. The monoisotopic (exact) mass is 274 g/mol. The predicted octanol–water partition coefficient (Wildman–Crippen LogP) is 0.838. The first-order valence-corrected chi connectivity index (χ1v) is 6.96. The highest BCUT2D eigenvalue weighted by atomic mass is 16.5. The minimum atomic E-state index is -0.429. The van der Waals surface area contributed by atoms with Crippen molar-refractivity contribution in [1.82, 2.24) is 5.32 Å². The Kier molecular flexibility index (Phi) is 3.44. The Labute approximate surface area is 117 Å². The number of fused-ring (bicyclic) bond motifs is 2. The number of nitrogens with two attached hydrogens (primary N) is 1. The predicted molar refractivity (Wildman–Crippen MR) is 72.9 cm³/mol. The fraction of sp³-hybridized carbons (Fsp3) is 0.467. The first-order valence-electron chi connectivity index (χ1n) is 6.96. The summed E-state index contributed by atoms with van der Waals surface area (Å²) in [5.41, 5.74) is 5.99. The first-order chi connectivity index (χ1) is 9.65. The van der Waals surface area contributed by atoms with Gasteiger partial charge < -0.3 is 15.8 Å². The Morgan fingerprint density at radius 1 is 1.20 bits per heavy atom. The molecule has 5 nitrogen and oxygen atoms in total. The summed E-state index contributed by atoms with van der Waals surface area (Å²) in [7, 11) is 0. The van der Waals surface area contributed by atoms with E-state index >= 15 is 0 Å². The van der Waals surface area contributed by atoms with Crippen LogP contribution in [0, 0.1) is 5.92 Å². The molecule has 4 atom stereocenters. The van der Waals surface area contributed by atoms with Gasteiger partial charge in [0.15, 0.2) is 0 Å². The molecule has 0 radical (unpaired) electrons. The van der Waals surface area contributed by atoms with E-state index in [-0.39, 0.29) is 12.0 Å². The summed E-state index contributed by atoms with van der Waals surface area (Å²) in [6, 6.07) is 9.19. The molecule has 5 heteroatoms. The Balaban J connectivity index is 1.75. The van der Waals surface area contributed by atoms with Crippen LogP contribution in [0.15, 0.2) is 30.3 Å². The Morgan fingerprint density at radius 2 is 1.95 bits per heavy atom. The summed E-state index contributed by atoms with van der Waals surface area (Å²) < 4.78 is 5.55. The number of piperidine rings is 1. The van der Waals surface area contributed by atoms with Crippen molar-refractivity contribution in [1.29, 1.82) is 0 Å². The standard InChI is InChI=1S/C15H18N2O3/c16-14(18)13-11-7-6-10(17-11)8-12(13)20-15(19)9-4-2-1-3-5-9/h1-5,10-13,17H,6-8H2,(H2,16,18)/t10-,11+,12-,13+/m0/s1. The van der Waals surface area contributed by atoms with E-state index < -0.39 is 17.9 Å². The first kappa shape index (κ1) is 13.1. The number of amides is 1. The minimum Gasteiger partial charge on any atom is -0.458 e. The normalized spacial score (nSPS) is 31.8. The molecule has 1 aromatic rings. The zero-order valence-corrected chi connectivity index (χ0v) is 11.1. The smallest absolute Gasteiger partial charge is 0.338 e. The maximum Gasteiger partial charge on any atom is 0.338 e. The van der Waals surface area contributed by atoms with Gasteiger partial charge in [-0.25, -0.2) is 4.79 Å². The van der Waals surface area contributed by atoms with Gasteiger partial charge >= 0.3 is 5.97 Å². The zero-order valence-electron chi connectivity index (χ0n) is 11.1. The van der Waals surface area contributed by atoms with Crippen LogP contribution in [-0.4, -0.2) is 30.1 Å². The molecule has 2 bridgehead atoms. The average molecular weight is 274 g/mol. The van der Waals surface area contributed by atoms with Crippen molar-refractivity contribution in [3.05, 3.63) is 35.9 Å². The highest BCUT2D eigenvalue weighted by Gasteiger charge is 2.46. The Hall–Kier alpha value is -1.88. The van der Waals surface area contributed by atoms with E-state index in [9.17, 15) is 9.59 Å². The molecule has 3 rings (SSSR count). The molecular weight excluding hydrogens is 256 g/mol. The highest BCUT2D eigenvalue weighted by Crippen LogP contribution is 2.33. The molecule has 0 aliphatic carbocycles. The van der Waals surface area contributed by atoms with Gasteiger partial charge in [0.25, 0.3) is 0 Å². The number of carbonyl (C=O) groups excluding carboxylic acids is 2. The summed E-state index contributed by atoms with van der Waals surface area (Å²) in [5, 5.41) is 3.37. The second-order valence-corrected chi connectivity index (χ2v) is 5.52. The van der Waals surface area contributed by atoms with Crippen molar-refractivity contribution >= 4 is 11.9 Å². The van der Waals surface area contributed by atoms with Crippen molar-refractivity contribution < 1.29 is 14.3 Å². The van der Waals surface area contributed by atoms with E-state index in [0.717, 1.165) is 12.8 Å². The molecule has 0 aromatic heterocycles. The summed E-state index contributed by atoms with van der Waals surface area (Å²) in [6.45, 7) is 0. The van der Waals surface area contributed by atoms with Crippen LogP contribution in [-0.2, 0) is 9.53 Å². The van der Waals surface area contributed by atoms with E-state index in [4.69, 9.17) is 10.5 Å². The number of carbonyl (C=O) groups is 2. The molecule has 2 aliphatic rings. The molecule has 20 heavy (non-hydrogen) atoms. The number of hydrogen-bond donors (Lipinski definition) is 2. The third-order valence-electron chi connectivity index (χ3n) is 4.22. The van der Waals surface area contributed by atoms with Gasteiger partial charge in [-0.1, -0.05) is 18.2 Å². The lowest BCUT2D eigenvalue weighted by Crippen LogP contribution is -2.54. The van der Waals surface area contributed by atoms with Gasteiger partial charge in [-0.3, -0.25) is 4.79 Å². The molecule has 0 saturated carbocycles. The van der Waals surface area contributed by atoms with Crippen LogP contribution in [0.4, 0.5) is 0 Å². The van der Waals surface area contributed by atoms with Crippen molar-refractivity contribution in [2.75, 3.05) is 0 Å². The number of primary amides is 1. The molecule has 2 fully saturated rings. The largest absolute Gasteiger partial charge is 0.458 e. The van der Waals surface area contributed by atoms with Crippen LogP contribution in [0.1, 0.15) is 29.6 Å². The quantitative estimate of drug-likeness (QED) is 0.800. The fourth-order valence-electron chi connectivity index (χ4n) is 3.29. The van der Waals surface area contributed by atoms with E-state index in [1.807, 2.05) is 6.07 Å². The van der Waals surface area contributed by atoms with Crippen LogP contribution in [0.5, 0.6) is 0 Å². The number of benzene rings is 1. The number of ether oxygens (including phenoxy) is 1. The fourth-order valence-corrected chi connectivity index (χ4v) is 3.29. The van der Waals surface area contributed by atoms with Crippen molar-refractivity contribution in [3.8, 4) is 0 Å². The van der Waals surface area contributed by atoms with Gasteiger partial charge in [0, 0.05) is 18.5 Å². The molecule has 106 valence electrons. The van der Waals surface area contributed by atoms with Crippen LogP contribution < -0.4 is 11.1 Å². The van der Waals surface area contributed by atoms with Gasteiger partial charge in [0.1, 0.15) is 6.10 Å². The third kappa shape index (κ3) is 2.41.